The van der Waals surface area contributed by atoms with Gasteiger partial charge in [-0.25, -0.2) is 4.39 Å². The van der Waals surface area contributed by atoms with E-state index in [-0.39, 0.29) is 50.5 Å². The minimum Gasteiger partial charge on any atom is -0.366 e. The number of halogens is 1. The van der Waals surface area contributed by atoms with Crippen LogP contribution < -0.4 is 5.73 Å². The number of nitrogens with zero attached hydrogens (tertiary/aromatic N) is 4. The third kappa shape index (κ3) is 5.78. The van der Waals surface area contributed by atoms with Crippen LogP contribution in [-0.2, 0) is 22.6 Å². The van der Waals surface area contributed by atoms with E-state index in [1.165, 1.54) is 4.90 Å². The molecule has 2 amide bonds. The molecule has 1 saturated heterocycles. The molecule has 3 aromatic heterocycles. The molecule has 2 N–H and O–H groups in total. The molecule has 1 unspecified atom stereocenters. The van der Waals surface area contributed by atoms with Crippen molar-refractivity contribution >= 4 is 28.5 Å². The van der Waals surface area contributed by atoms with E-state index in [1.54, 1.807) is 23.0 Å². The Bertz CT molecular complexity index is 1580. The number of fused-ring (bicyclic) bond motifs is 1. The minimum atomic E-state index is -1.08. The van der Waals surface area contributed by atoms with Gasteiger partial charge in [0.15, 0.2) is 5.78 Å². The number of carbonyl (C=O) groups excluding carboxylic acids is 3. The number of hydrogen-bond donors (Lipinski definition) is 1. The topological polar surface area (TPSA) is 111 Å². The summed E-state index contributed by atoms with van der Waals surface area (Å²) >= 11 is 0. The zero-order chi connectivity index (χ0) is 28.4. The van der Waals surface area contributed by atoms with Crippen LogP contribution in [-0.4, -0.2) is 55.8 Å². The maximum absolute atomic E-state index is 14.4. The van der Waals surface area contributed by atoms with Crippen LogP contribution >= 0.6 is 0 Å². The molecule has 0 radical (unpaired) electrons. The predicted octanol–water partition coefficient (Wildman–Crippen LogP) is 4.35. The van der Waals surface area contributed by atoms with Crippen LogP contribution in [0.15, 0.2) is 60.9 Å². The number of benzene rings is 1. The Labute approximate surface area is 232 Å². The van der Waals surface area contributed by atoms with Gasteiger partial charge in [-0.15, -0.1) is 0 Å². The average molecular weight is 542 g/mol. The molecule has 0 bridgehead atoms. The molecule has 9 heteroatoms. The van der Waals surface area contributed by atoms with Crippen molar-refractivity contribution in [1.82, 2.24) is 19.4 Å². The van der Waals surface area contributed by atoms with Crippen molar-refractivity contribution < 1.29 is 18.8 Å². The number of aryl methyl sites for hydroxylation is 2. The second kappa shape index (κ2) is 11.4. The highest BCUT2D eigenvalue weighted by molar-refractivity contribution is 6.07. The van der Waals surface area contributed by atoms with E-state index in [2.05, 4.69) is 9.97 Å². The van der Waals surface area contributed by atoms with E-state index in [0.717, 1.165) is 22.5 Å². The third-order valence-electron chi connectivity index (χ3n) is 7.50. The van der Waals surface area contributed by atoms with Gasteiger partial charge in [-0.1, -0.05) is 18.2 Å². The first-order valence-electron chi connectivity index (χ1n) is 13.4. The molecule has 40 heavy (non-hydrogen) atoms. The SMILES string of the molecule is Cc1ccc(-c2ccc3c(c2)c(C(N)=O)cn3CC(=O)N2CCC(F)CC[C@H]2C(=O)Cc2cccc(C)n2)cn1. The molecule has 1 aliphatic heterocycles. The van der Waals surface area contributed by atoms with Crippen molar-refractivity contribution in [1.29, 1.82) is 0 Å². The molecule has 206 valence electrons. The summed E-state index contributed by atoms with van der Waals surface area (Å²) in [6.45, 7) is 3.79. The maximum atomic E-state index is 14.4. The fraction of sp³-hybridized carbons (Fsp3) is 0.323. The molecule has 1 aromatic carbocycles. The van der Waals surface area contributed by atoms with E-state index in [0.29, 0.717) is 22.2 Å². The summed E-state index contributed by atoms with van der Waals surface area (Å²) in [5, 5.41) is 0.621. The molecule has 8 nitrogen and oxygen atoms in total. The lowest BCUT2D eigenvalue weighted by atomic mass is 10.0. The van der Waals surface area contributed by atoms with Gasteiger partial charge in [-0.3, -0.25) is 24.4 Å². The van der Waals surface area contributed by atoms with Crippen LogP contribution in [0.1, 0.15) is 46.7 Å². The standard InChI is InChI=1S/C31H32FN5O3/c1-19-6-7-22(16-34-19)21-8-10-27-25(14-21)26(31(33)40)17-36(27)18-30(39)37-13-12-23(32)9-11-28(37)29(38)15-24-5-3-4-20(2)35-24/h3-8,10,14,16-17,23,28H,9,11-13,15,18H2,1-2H3,(H2,33,40)/t23?,28-/m0/s1. The average Bonchev–Trinajstić information content (AvgIpc) is 3.15. The molecule has 5 rings (SSSR count). The van der Waals surface area contributed by atoms with Crippen LogP contribution in [0.4, 0.5) is 4.39 Å². The first-order chi connectivity index (χ1) is 19.2. The number of pyridine rings is 2. The summed E-state index contributed by atoms with van der Waals surface area (Å²) in [6.07, 6.45) is 2.98. The molecule has 0 aliphatic carbocycles. The molecular formula is C31H32FN5O3. The zero-order valence-corrected chi connectivity index (χ0v) is 22.6. The molecule has 1 aliphatic rings. The summed E-state index contributed by atoms with van der Waals surface area (Å²) in [5.41, 5.74) is 10.7. The number of alkyl halides is 1. The lowest BCUT2D eigenvalue weighted by Crippen LogP contribution is -2.46. The van der Waals surface area contributed by atoms with Gasteiger partial charge in [-0.2, -0.15) is 0 Å². The van der Waals surface area contributed by atoms with Gasteiger partial charge in [-0.05, 0) is 69.0 Å². The maximum Gasteiger partial charge on any atom is 0.250 e. The van der Waals surface area contributed by atoms with E-state index < -0.39 is 18.1 Å². The van der Waals surface area contributed by atoms with Gasteiger partial charge in [0.25, 0.3) is 5.91 Å². The Balaban J connectivity index is 1.43. The van der Waals surface area contributed by atoms with E-state index >= 15 is 0 Å². The lowest BCUT2D eigenvalue weighted by Gasteiger charge is -2.29. The Kier molecular flexibility index (Phi) is 7.73. The number of likely N-dealkylation sites (tertiary alicyclic amines) is 1. The van der Waals surface area contributed by atoms with Crippen molar-refractivity contribution in [2.45, 2.75) is 58.3 Å². The van der Waals surface area contributed by atoms with Crippen molar-refractivity contribution in [3.8, 4) is 11.1 Å². The summed E-state index contributed by atoms with van der Waals surface area (Å²) < 4.78 is 16.1. The molecule has 4 heterocycles. The molecule has 2 atom stereocenters. The summed E-state index contributed by atoms with van der Waals surface area (Å²) in [7, 11) is 0. The quantitative estimate of drug-likeness (QED) is 0.374. The largest absolute Gasteiger partial charge is 0.366 e. The number of hydrogen-bond acceptors (Lipinski definition) is 5. The number of amides is 2. The van der Waals surface area contributed by atoms with Gasteiger partial charge in [0.2, 0.25) is 5.91 Å². The van der Waals surface area contributed by atoms with Gasteiger partial charge in [0.1, 0.15) is 12.7 Å². The first-order valence-corrected chi connectivity index (χ1v) is 13.4. The van der Waals surface area contributed by atoms with Crippen LogP contribution in [0.5, 0.6) is 0 Å². The van der Waals surface area contributed by atoms with Crippen LogP contribution in [0, 0.1) is 13.8 Å². The smallest absolute Gasteiger partial charge is 0.250 e. The van der Waals surface area contributed by atoms with Gasteiger partial charge >= 0.3 is 0 Å². The second-order valence-corrected chi connectivity index (χ2v) is 10.4. The van der Waals surface area contributed by atoms with E-state index in [9.17, 15) is 18.8 Å². The number of nitrogens with two attached hydrogens (primary N) is 1. The minimum absolute atomic E-state index is 0.0714. The number of Topliss-reactive ketones (excluding diaryl/α,β-unsaturated/α-hetero) is 1. The molecule has 0 spiro atoms. The number of aromatic nitrogens is 3. The van der Waals surface area contributed by atoms with Crippen molar-refractivity contribution in [3.05, 3.63) is 83.6 Å². The third-order valence-corrected chi connectivity index (χ3v) is 7.50. The summed E-state index contributed by atoms with van der Waals surface area (Å²) in [6, 6.07) is 14.2. The van der Waals surface area contributed by atoms with Crippen molar-refractivity contribution in [2.75, 3.05) is 6.54 Å². The normalized spacial score (nSPS) is 17.5. The first kappa shape index (κ1) is 27.2. The Morgan fingerprint density at radius 2 is 1.80 bits per heavy atom. The van der Waals surface area contributed by atoms with Gasteiger partial charge in [0, 0.05) is 52.5 Å². The van der Waals surface area contributed by atoms with Crippen molar-refractivity contribution in [2.24, 2.45) is 5.73 Å². The predicted molar refractivity (Wildman–Crippen MR) is 150 cm³/mol. The summed E-state index contributed by atoms with van der Waals surface area (Å²) in [5.74, 6) is -1.08. The van der Waals surface area contributed by atoms with E-state index in [1.807, 2.05) is 56.3 Å². The number of primary amides is 1. The van der Waals surface area contributed by atoms with E-state index in [4.69, 9.17) is 5.73 Å². The van der Waals surface area contributed by atoms with Crippen molar-refractivity contribution in [3.63, 3.8) is 0 Å². The highest BCUT2D eigenvalue weighted by atomic mass is 19.1. The molecule has 4 aromatic rings. The Hall–Kier alpha value is -4.40. The zero-order valence-electron chi connectivity index (χ0n) is 22.6. The number of ketones is 1. The van der Waals surface area contributed by atoms with Gasteiger partial charge in [0.05, 0.1) is 18.0 Å². The molecule has 1 fully saturated rings. The fourth-order valence-electron chi connectivity index (χ4n) is 5.38. The lowest BCUT2D eigenvalue weighted by molar-refractivity contribution is -0.139. The monoisotopic (exact) mass is 541 g/mol. The second-order valence-electron chi connectivity index (χ2n) is 10.4. The van der Waals surface area contributed by atoms with Gasteiger partial charge < -0.3 is 15.2 Å². The highest BCUT2D eigenvalue weighted by Crippen LogP contribution is 2.29. The highest BCUT2D eigenvalue weighted by Gasteiger charge is 2.33. The Morgan fingerprint density at radius 3 is 2.52 bits per heavy atom. The summed E-state index contributed by atoms with van der Waals surface area (Å²) in [4.78, 5) is 49.7. The van der Waals surface area contributed by atoms with Crippen LogP contribution in [0.25, 0.3) is 22.0 Å². The fourth-order valence-corrected chi connectivity index (χ4v) is 5.38. The molecular weight excluding hydrogens is 509 g/mol. The van der Waals surface area contributed by atoms with Crippen LogP contribution in [0.2, 0.25) is 0 Å². The van der Waals surface area contributed by atoms with Crippen LogP contribution in [0.3, 0.4) is 0 Å². The number of rotatable bonds is 7. The molecule has 0 saturated carbocycles. The Morgan fingerprint density at radius 1 is 1.00 bits per heavy atom. The number of carbonyl (C=O) groups is 3.